The lowest BCUT2D eigenvalue weighted by Gasteiger charge is -2.18. The van der Waals surface area contributed by atoms with Gasteiger partial charge in [0.15, 0.2) is 0 Å². The van der Waals surface area contributed by atoms with Crippen molar-refractivity contribution in [3.63, 3.8) is 0 Å². The summed E-state index contributed by atoms with van der Waals surface area (Å²) in [6, 6.07) is 0. The molecule has 9 nitrogen and oxygen atoms in total. The summed E-state index contributed by atoms with van der Waals surface area (Å²) < 4.78 is 33.0. The molecule has 9 heteroatoms. The molecule has 0 spiro atoms. The van der Waals surface area contributed by atoms with Crippen molar-refractivity contribution in [2.75, 3.05) is 72.5 Å². The number of hydrogen-bond acceptors (Lipinski definition) is 9. The highest BCUT2D eigenvalue weighted by Crippen LogP contribution is 2.03. The van der Waals surface area contributed by atoms with Gasteiger partial charge in [-0.25, -0.2) is 0 Å². The van der Waals surface area contributed by atoms with Gasteiger partial charge < -0.3 is 28.4 Å². The molecule has 3 aliphatic rings. The lowest BCUT2D eigenvalue weighted by atomic mass is 10.4. The van der Waals surface area contributed by atoms with Crippen LogP contribution in [-0.2, 0) is 28.4 Å². The molecular weight excluding hydrogens is 318 g/mol. The molecule has 0 aromatic rings. The molecule has 0 aromatic heterocycles. The molecule has 0 unspecified atom stereocenters. The maximum Gasteiger partial charge on any atom is 0.210 e. The van der Waals surface area contributed by atoms with Gasteiger partial charge in [-0.3, -0.25) is 15.0 Å². The van der Waals surface area contributed by atoms with Crippen LogP contribution in [0.2, 0.25) is 0 Å². The van der Waals surface area contributed by atoms with Crippen LogP contribution in [-0.4, -0.2) is 96.3 Å². The minimum atomic E-state index is -0.249. The first-order valence-electron chi connectivity index (χ1n) is 8.15. The van der Waals surface area contributed by atoms with Gasteiger partial charge in [-0.15, -0.1) is 0 Å². The monoisotopic (exact) mass is 341 g/mol. The van der Waals surface area contributed by atoms with Crippen molar-refractivity contribution in [3.8, 4) is 0 Å². The van der Waals surface area contributed by atoms with E-state index >= 15 is 0 Å². The fourth-order valence-electron chi connectivity index (χ4n) is 2.29. The molecular formula is C15H23N3O6. The fourth-order valence-corrected chi connectivity index (χ4v) is 2.29. The Bertz CT molecular complexity index is 464. The zero-order valence-electron chi connectivity index (χ0n) is 13.6. The Morgan fingerprint density at radius 2 is 1.17 bits per heavy atom. The molecule has 0 aromatic carbocycles. The summed E-state index contributed by atoms with van der Waals surface area (Å²) in [7, 11) is 0. The van der Waals surface area contributed by atoms with E-state index in [4.69, 9.17) is 28.4 Å². The van der Waals surface area contributed by atoms with Gasteiger partial charge in [0.25, 0.3) is 0 Å². The Labute approximate surface area is 140 Å². The van der Waals surface area contributed by atoms with Crippen molar-refractivity contribution >= 4 is 17.7 Å². The SMILES string of the molecule is C1COC(COCC(COCC2=NCCO2)OCC2=NCCO2)=N1. The van der Waals surface area contributed by atoms with Crippen LogP contribution in [0.1, 0.15) is 0 Å². The summed E-state index contributed by atoms with van der Waals surface area (Å²) in [5.41, 5.74) is 0. The first-order chi connectivity index (χ1) is 11.9. The van der Waals surface area contributed by atoms with Gasteiger partial charge >= 0.3 is 0 Å². The second-order valence-corrected chi connectivity index (χ2v) is 5.34. The van der Waals surface area contributed by atoms with Gasteiger partial charge in [0.05, 0.1) is 32.8 Å². The van der Waals surface area contributed by atoms with E-state index in [1.54, 1.807) is 0 Å². The van der Waals surface area contributed by atoms with E-state index in [1.807, 2.05) is 0 Å². The Morgan fingerprint density at radius 1 is 0.708 bits per heavy atom. The van der Waals surface area contributed by atoms with Gasteiger partial charge in [-0.05, 0) is 0 Å². The molecule has 24 heavy (non-hydrogen) atoms. The Balaban J connectivity index is 1.37. The van der Waals surface area contributed by atoms with Gasteiger partial charge in [-0.1, -0.05) is 0 Å². The molecule has 0 bridgehead atoms. The summed E-state index contributed by atoms with van der Waals surface area (Å²) in [5, 5.41) is 0. The van der Waals surface area contributed by atoms with E-state index in [-0.39, 0.29) is 6.10 Å². The van der Waals surface area contributed by atoms with E-state index in [9.17, 15) is 0 Å². The third-order valence-electron chi connectivity index (χ3n) is 3.45. The lowest BCUT2D eigenvalue weighted by molar-refractivity contribution is -0.0419. The van der Waals surface area contributed by atoms with Crippen molar-refractivity contribution in [2.24, 2.45) is 15.0 Å². The molecule has 0 saturated heterocycles. The molecule has 3 heterocycles. The number of aliphatic imine (C=N–C) groups is 3. The summed E-state index contributed by atoms with van der Waals surface area (Å²) in [6.07, 6.45) is -0.249. The van der Waals surface area contributed by atoms with Crippen LogP contribution in [0.15, 0.2) is 15.0 Å². The van der Waals surface area contributed by atoms with Gasteiger partial charge in [-0.2, -0.15) is 0 Å². The summed E-state index contributed by atoms with van der Waals surface area (Å²) >= 11 is 0. The molecule has 3 rings (SSSR count). The smallest absolute Gasteiger partial charge is 0.210 e. The van der Waals surface area contributed by atoms with Crippen LogP contribution in [0, 0.1) is 0 Å². The summed E-state index contributed by atoms with van der Waals surface area (Å²) in [4.78, 5) is 12.6. The highest BCUT2D eigenvalue weighted by Gasteiger charge is 2.17. The molecule has 0 fully saturated rings. The first-order valence-corrected chi connectivity index (χ1v) is 8.15. The van der Waals surface area contributed by atoms with Crippen LogP contribution in [0.3, 0.4) is 0 Å². The highest BCUT2D eigenvalue weighted by atomic mass is 16.6. The minimum absolute atomic E-state index is 0.249. The van der Waals surface area contributed by atoms with Gasteiger partial charge in [0.2, 0.25) is 17.7 Å². The Kier molecular flexibility index (Phi) is 6.82. The van der Waals surface area contributed by atoms with Gasteiger partial charge in [0.1, 0.15) is 45.7 Å². The van der Waals surface area contributed by atoms with Crippen LogP contribution >= 0.6 is 0 Å². The highest BCUT2D eigenvalue weighted by molar-refractivity contribution is 5.79. The lowest BCUT2D eigenvalue weighted by Crippen LogP contribution is -2.30. The summed E-state index contributed by atoms with van der Waals surface area (Å²) in [6.45, 7) is 5.66. The fraction of sp³-hybridized carbons (Fsp3) is 0.800. The molecule has 0 radical (unpaired) electrons. The topological polar surface area (TPSA) is 92.5 Å². The Hall–Kier alpha value is -1.71. The number of ether oxygens (including phenoxy) is 6. The van der Waals surface area contributed by atoms with Crippen molar-refractivity contribution in [3.05, 3.63) is 0 Å². The second-order valence-electron chi connectivity index (χ2n) is 5.34. The van der Waals surface area contributed by atoms with Crippen LogP contribution in [0.25, 0.3) is 0 Å². The molecule has 0 aliphatic carbocycles. The van der Waals surface area contributed by atoms with Crippen molar-refractivity contribution in [1.82, 2.24) is 0 Å². The first kappa shape index (κ1) is 17.1. The molecule has 3 aliphatic heterocycles. The average Bonchev–Trinajstić information content (AvgIpc) is 3.34. The minimum Gasteiger partial charge on any atom is -0.477 e. The third kappa shape index (κ3) is 5.73. The summed E-state index contributed by atoms with van der Waals surface area (Å²) in [5.74, 6) is 1.88. The largest absolute Gasteiger partial charge is 0.477 e. The number of hydrogen-bond donors (Lipinski definition) is 0. The van der Waals surface area contributed by atoms with Crippen LogP contribution in [0.4, 0.5) is 0 Å². The normalized spacial score (nSPS) is 19.6. The third-order valence-corrected chi connectivity index (χ3v) is 3.45. The molecule has 0 amide bonds. The molecule has 134 valence electrons. The predicted molar refractivity (Wildman–Crippen MR) is 86.1 cm³/mol. The van der Waals surface area contributed by atoms with E-state index in [0.717, 1.165) is 0 Å². The van der Waals surface area contributed by atoms with Gasteiger partial charge in [0, 0.05) is 0 Å². The van der Waals surface area contributed by atoms with E-state index < -0.39 is 0 Å². The molecule has 0 saturated carbocycles. The van der Waals surface area contributed by atoms with E-state index in [1.165, 1.54) is 0 Å². The maximum absolute atomic E-state index is 5.79. The molecule has 0 atom stereocenters. The van der Waals surface area contributed by atoms with Crippen molar-refractivity contribution in [2.45, 2.75) is 6.10 Å². The zero-order valence-corrected chi connectivity index (χ0v) is 13.6. The number of rotatable bonds is 11. The van der Waals surface area contributed by atoms with E-state index in [2.05, 4.69) is 15.0 Å². The molecule has 0 N–H and O–H groups in total. The van der Waals surface area contributed by atoms with Crippen LogP contribution < -0.4 is 0 Å². The van der Waals surface area contributed by atoms with E-state index in [0.29, 0.717) is 90.2 Å². The van der Waals surface area contributed by atoms with Crippen molar-refractivity contribution < 1.29 is 28.4 Å². The predicted octanol–water partition coefficient (Wildman–Crippen LogP) is -0.309. The van der Waals surface area contributed by atoms with Crippen molar-refractivity contribution in [1.29, 1.82) is 0 Å². The van der Waals surface area contributed by atoms with Crippen LogP contribution in [0.5, 0.6) is 0 Å². The Morgan fingerprint density at radius 3 is 1.58 bits per heavy atom. The number of nitrogens with zero attached hydrogens (tertiary/aromatic N) is 3. The zero-order chi connectivity index (χ0) is 16.5. The average molecular weight is 341 g/mol. The maximum atomic E-state index is 5.79. The second kappa shape index (κ2) is 9.55. The standard InChI is InChI=1S/C15H23N3O6/c1-4-21-13(16-1)9-19-7-12(24-11-15-18-3-6-23-15)8-20-10-14-17-2-5-22-14/h12H,1-11H2. The quantitative estimate of drug-likeness (QED) is 0.512.